The van der Waals surface area contributed by atoms with Gasteiger partial charge in [-0.3, -0.25) is 34.2 Å². The van der Waals surface area contributed by atoms with E-state index >= 15 is 0 Å². The standard InChI is InChI=1S/C48H46ClN5O13/c1-2-64-39-26-41-34(24-33(39)27-20-28(44(50)57)22-29(21-27)45-51-10-11-52-45)37(55)25-40(67-41)31-7-6-30(23-35(31)49)65-18-16-62-14-12-61-13-15-63-17-19-66-38-5-3-4-32-43(38)48(60)54(47(32)59)36-8-9-42(56)53-46(36)58/h3-7,10-11,20-26,36,44,57H,2,8-9,12-19,50H2,1H3,(H,51,52)(H,53,56,58). The number of carbonyl (C=O) groups is 4. The smallest absolute Gasteiger partial charge is 0.266 e. The number of imidazole rings is 1. The van der Waals surface area contributed by atoms with Crippen LogP contribution < -0.4 is 30.7 Å². The SMILES string of the molecule is CCOc1cc2oc(-c3ccc(OCCOCCOCCOCCOc4cccc5c4C(=O)N(C4CCC(=O)NC4=O)C5=O)cc3Cl)cc(=O)c2cc1-c1cc(-c2ncc[nH]2)cc(C(N)O)c1. The average Bonchev–Trinajstić information content (AvgIpc) is 3.94. The van der Waals surface area contributed by atoms with Crippen LogP contribution >= 0.6 is 11.6 Å². The fourth-order valence-electron chi connectivity index (χ4n) is 7.71. The summed E-state index contributed by atoms with van der Waals surface area (Å²) in [5.74, 6) is -0.390. The van der Waals surface area contributed by atoms with Gasteiger partial charge < -0.3 is 48.7 Å². The molecule has 18 nitrogen and oxygen atoms in total. The molecule has 8 rings (SSSR count). The molecular formula is C48H46ClN5O13. The summed E-state index contributed by atoms with van der Waals surface area (Å²) < 4.78 is 40.6. The lowest BCUT2D eigenvalue weighted by Gasteiger charge is -2.27. The lowest BCUT2D eigenvalue weighted by molar-refractivity contribution is -0.136. The molecule has 2 aliphatic heterocycles. The number of rotatable bonds is 21. The van der Waals surface area contributed by atoms with Crippen molar-refractivity contribution in [1.29, 1.82) is 0 Å². The van der Waals surface area contributed by atoms with Gasteiger partial charge in [0, 0.05) is 47.6 Å². The van der Waals surface area contributed by atoms with E-state index in [0.29, 0.717) is 87.6 Å². The van der Waals surface area contributed by atoms with Gasteiger partial charge in [0.1, 0.15) is 59.9 Å². The van der Waals surface area contributed by atoms with E-state index in [0.717, 1.165) is 4.90 Å². The van der Waals surface area contributed by atoms with Crippen molar-refractivity contribution in [2.45, 2.75) is 32.0 Å². The van der Waals surface area contributed by atoms with Gasteiger partial charge in [-0.05, 0) is 79.1 Å². The van der Waals surface area contributed by atoms with Crippen molar-refractivity contribution in [2.75, 3.05) is 59.5 Å². The maximum absolute atomic E-state index is 13.6. The van der Waals surface area contributed by atoms with Gasteiger partial charge in [-0.1, -0.05) is 17.7 Å². The van der Waals surface area contributed by atoms with Gasteiger partial charge in [0.15, 0.2) is 5.43 Å². The predicted octanol–water partition coefficient (Wildman–Crippen LogP) is 5.43. The summed E-state index contributed by atoms with van der Waals surface area (Å²) in [7, 11) is 0. The van der Waals surface area contributed by atoms with Crippen LogP contribution in [0.3, 0.4) is 0 Å². The molecule has 1 saturated heterocycles. The highest BCUT2D eigenvalue weighted by atomic mass is 35.5. The fraction of sp³-hybridized carbons (Fsp3) is 0.292. The molecule has 2 aliphatic rings. The van der Waals surface area contributed by atoms with Crippen molar-refractivity contribution in [3.63, 3.8) is 0 Å². The molecule has 2 unspecified atom stereocenters. The molecule has 2 aromatic heterocycles. The first-order chi connectivity index (χ1) is 32.5. The topological polar surface area (TPSA) is 244 Å². The van der Waals surface area contributed by atoms with Crippen molar-refractivity contribution in [2.24, 2.45) is 5.73 Å². The molecule has 2 atom stereocenters. The van der Waals surface area contributed by atoms with E-state index in [1.807, 2.05) is 13.0 Å². The third kappa shape index (κ3) is 10.5. The first-order valence-corrected chi connectivity index (χ1v) is 21.8. The maximum Gasteiger partial charge on any atom is 0.266 e. The molecule has 6 aromatic rings. The number of aromatic nitrogens is 2. The normalized spacial score (nSPS) is 15.2. The number of aliphatic hydroxyl groups excluding tert-OH is 1. The minimum Gasteiger partial charge on any atom is -0.493 e. The Kier molecular flexibility index (Phi) is 14.7. The number of piperidine rings is 1. The van der Waals surface area contributed by atoms with E-state index in [2.05, 4.69) is 15.3 Å². The number of aromatic amines is 1. The summed E-state index contributed by atoms with van der Waals surface area (Å²) in [6, 6.07) is 18.7. The highest BCUT2D eigenvalue weighted by Gasteiger charge is 2.46. The first kappa shape index (κ1) is 46.6. The van der Waals surface area contributed by atoms with E-state index < -0.39 is 35.9 Å². The van der Waals surface area contributed by atoms with Crippen LogP contribution in [0.2, 0.25) is 5.02 Å². The predicted molar refractivity (Wildman–Crippen MR) is 243 cm³/mol. The number of benzene rings is 4. The lowest BCUT2D eigenvalue weighted by Crippen LogP contribution is -2.54. The van der Waals surface area contributed by atoms with Crippen LogP contribution in [0.15, 0.2) is 94.4 Å². The second kappa shape index (κ2) is 21.1. The van der Waals surface area contributed by atoms with Crippen LogP contribution in [0.5, 0.6) is 17.2 Å². The number of hydrogen-bond donors (Lipinski definition) is 4. The molecule has 0 bridgehead atoms. The number of ether oxygens (including phenoxy) is 6. The van der Waals surface area contributed by atoms with Crippen LogP contribution in [0.25, 0.3) is 44.8 Å². The first-order valence-electron chi connectivity index (χ1n) is 21.5. The van der Waals surface area contributed by atoms with Gasteiger partial charge in [-0.25, -0.2) is 4.98 Å². The number of aliphatic hydroxyl groups is 1. The molecule has 0 saturated carbocycles. The van der Waals surface area contributed by atoms with Gasteiger partial charge >= 0.3 is 0 Å². The third-order valence-electron chi connectivity index (χ3n) is 10.9. The van der Waals surface area contributed by atoms with Crippen LogP contribution in [0.4, 0.5) is 0 Å². The quantitative estimate of drug-likeness (QED) is 0.0400. The number of nitrogens with one attached hydrogen (secondary N) is 2. The largest absolute Gasteiger partial charge is 0.493 e. The van der Waals surface area contributed by atoms with E-state index in [1.54, 1.807) is 67.0 Å². The van der Waals surface area contributed by atoms with Gasteiger partial charge in [-0.15, -0.1) is 0 Å². The Balaban J connectivity index is 0.765. The number of imide groups is 2. The van der Waals surface area contributed by atoms with Crippen molar-refractivity contribution in [1.82, 2.24) is 20.2 Å². The zero-order chi connectivity index (χ0) is 47.0. The van der Waals surface area contributed by atoms with Crippen LogP contribution in [-0.4, -0.2) is 109 Å². The molecule has 4 aromatic carbocycles. The Morgan fingerprint density at radius 1 is 0.806 bits per heavy atom. The molecule has 0 spiro atoms. The summed E-state index contributed by atoms with van der Waals surface area (Å²) in [6.45, 7) is 4.20. The Hall–Kier alpha value is -6.93. The molecule has 0 radical (unpaired) electrons. The molecule has 19 heteroatoms. The number of fused-ring (bicyclic) bond motifs is 2. The minimum absolute atomic E-state index is 0.0308. The third-order valence-corrected chi connectivity index (χ3v) is 11.2. The number of nitrogens with two attached hydrogens (primary N) is 1. The molecular weight excluding hydrogens is 890 g/mol. The molecule has 67 heavy (non-hydrogen) atoms. The summed E-state index contributed by atoms with van der Waals surface area (Å²) in [4.78, 5) is 72.1. The van der Waals surface area contributed by atoms with Crippen LogP contribution in [0.1, 0.15) is 52.3 Å². The zero-order valence-corrected chi connectivity index (χ0v) is 37.0. The summed E-state index contributed by atoms with van der Waals surface area (Å²) in [5.41, 5.74) is 8.96. The van der Waals surface area contributed by atoms with Gasteiger partial charge in [0.25, 0.3) is 11.8 Å². The molecule has 1 fully saturated rings. The molecule has 348 valence electrons. The molecule has 4 amide bonds. The molecule has 5 N–H and O–H groups in total. The van der Waals surface area contributed by atoms with Gasteiger partial charge in [0.2, 0.25) is 11.8 Å². The number of nitrogens with zero attached hydrogens (tertiary/aromatic N) is 2. The van der Waals surface area contributed by atoms with Crippen molar-refractivity contribution >= 4 is 46.2 Å². The summed E-state index contributed by atoms with van der Waals surface area (Å²) in [6.07, 6.45) is 2.16. The monoisotopic (exact) mass is 935 g/mol. The summed E-state index contributed by atoms with van der Waals surface area (Å²) in [5, 5.41) is 13.1. The molecule has 0 aliphatic carbocycles. The lowest BCUT2D eigenvalue weighted by atomic mass is 9.96. The number of hydrogen-bond acceptors (Lipinski definition) is 15. The second-order valence-electron chi connectivity index (χ2n) is 15.3. The van der Waals surface area contributed by atoms with E-state index in [4.69, 9.17) is 50.2 Å². The van der Waals surface area contributed by atoms with Gasteiger partial charge in [0.05, 0.1) is 67.8 Å². The van der Waals surface area contributed by atoms with Crippen molar-refractivity contribution < 1.29 is 57.1 Å². The van der Waals surface area contributed by atoms with Crippen LogP contribution in [-0.2, 0) is 23.8 Å². The number of amides is 4. The fourth-order valence-corrected chi connectivity index (χ4v) is 7.98. The Morgan fingerprint density at radius 2 is 1.54 bits per heavy atom. The average molecular weight is 936 g/mol. The number of carbonyl (C=O) groups excluding carboxylic acids is 4. The highest BCUT2D eigenvalue weighted by Crippen LogP contribution is 2.39. The van der Waals surface area contributed by atoms with Crippen LogP contribution in [0, 0.1) is 0 Å². The summed E-state index contributed by atoms with van der Waals surface area (Å²) >= 11 is 6.68. The van der Waals surface area contributed by atoms with Crippen molar-refractivity contribution in [3.05, 3.63) is 117 Å². The van der Waals surface area contributed by atoms with Crippen molar-refractivity contribution in [3.8, 4) is 51.1 Å². The number of H-pyrrole nitrogens is 1. The Morgan fingerprint density at radius 3 is 2.22 bits per heavy atom. The Labute approximate surface area is 387 Å². The molecule has 4 heterocycles. The minimum atomic E-state index is -1.25. The Bertz CT molecular complexity index is 2870. The maximum atomic E-state index is 13.6. The zero-order valence-electron chi connectivity index (χ0n) is 36.2. The number of halogens is 1. The van der Waals surface area contributed by atoms with Gasteiger partial charge in [-0.2, -0.15) is 0 Å². The van der Waals surface area contributed by atoms with E-state index in [1.165, 1.54) is 12.1 Å². The highest BCUT2D eigenvalue weighted by molar-refractivity contribution is 6.33. The van der Waals surface area contributed by atoms with E-state index in [-0.39, 0.29) is 73.9 Å². The van der Waals surface area contributed by atoms with E-state index in [9.17, 15) is 29.1 Å². The second-order valence-corrected chi connectivity index (χ2v) is 15.7.